The average Bonchev–Trinajstić information content (AvgIpc) is 3.04. The summed E-state index contributed by atoms with van der Waals surface area (Å²) in [5.41, 5.74) is 1.13. The number of esters is 1. The average molecular weight is 580 g/mol. The molecule has 0 saturated carbocycles. The van der Waals surface area contributed by atoms with Gasteiger partial charge in [-0.05, 0) is 36.8 Å². The molecule has 4 rings (SSSR count). The number of aromatic hydroxyl groups is 1. The van der Waals surface area contributed by atoms with Crippen molar-refractivity contribution in [3.05, 3.63) is 96.1 Å². The molecule has 0 radical (unpaired) electrons. The monoisotopic (exact) mass is 579 g/mol. The summed E-state index contributed by atoms with van der Waals surface area (Å²) in [7, 11) is 0. The molecule has 0 bridgehead atoms. The lowest BCUT2D eigenvalue weighted by atomic mass is 10.0. The van der Waals surface area contributed by atoms with Crippen molar-refractivity contribution >= 4 is 34.0 Å². The van der Waals surface area contributed by atoms with Crippen LogP contribution in [0.2, 0.25) is 0 Å². The number of nitrogens with one attached hydrogen (secondary N) is 1. The normalized spacial score (nSPS) is 11.2. The third-order valence-corrected chi connectivity index (χ3v) is 7.40. The number of para-hydroxylation sites is 1. The van der Waals surface area contributed by atoms with E-state index >= 15 is 0 Å². The summed E-state index contributed by atoms with van der Waals surface area (Å²) in [5, 5.41) is 23.8. The van der Waals surface area contributed by atoms with Gasteiger partial charge in [0.05, 0.1) is 16.8 Å². The second kappa shape index (κ2) is 16.8. The Kier molecular flexibility index (Phi) is 12.3. The smallest absolute Gasteiger partial charge is 0.345 e. The quantitative estimate of drug-likeness (QED) is 0.0597. The maximum absolute atomic E-state index is 13.1. The SMILES string of the molecule is CCCCCCCCCCCCNC(=O)c1cc(N=Nc2ccccc2C(=O)Oc2ccccc2)c2ccccc2c1O. The first-order valence-electron chi connectivity index (χ1n) is 15.4. The van der Waals surface area contributed by atoms with Gasteiger partial charge in [0.15, 0.2) is 0 Å². The van der Waals surface area contributed by atoms with Gasteiger partial charge in [0.2, 0.25) is 0 Å². The standard InChI is InChI=1S/C36H41N3O4/c1-2-3-4-5-6-7-8-9-10-18-25-37-35(41)31-26-33(28-21-14-15-22-29(28)34(31)40)39-38-32-24-17-16-23-30(32)36(42)43-27-19-12-11-13-20-27/h11-17,19-24,26,40H,2-10,18,25H2,1H3,(H,37,41). The lowest BCUT2D eigenvalue weighted by Crippen LogP contribution is -2.24. The molecule has 4 aromatic carbocycles. The number of phenols is 1. The molecule has 0 aliphatic carbocycles. The molecule has 4 aromatic rings. The van der Waals surface area contributed by atoms with E-state index in [1.54, 1.807) is 66.7 Å². The molecule has 0 unspecified atom stereocenters. The molecule has 0 aromatic heterocycles. The van der Waals surface area contributed by atoms with E-state index < -0.39 is 5.97 Å². The highest BCUT2D eigenvalue weighted by Gasteiger charge is 2.18. The molecule has 7 heteroatoms. The van der Waals surface area contributed by atoms with Crippen LogP contribution in [0, 0.1) is 0 Å². The van der Waals surface area contributed by atoms with Crippen LogP contribution in [-0.2, 0) is 0 Å². The highest BCUT2D eigenvalue weighted by Crippen LogP contribution is 2.37. The zero-order chi connectivity index (χ0) is 30.3. The van der Waals surface area contributed by atoms with E-state index in [-0.39, 0.29) is 22.8 Å². The van der Waals surface area contributed by atoms with Crippen molar-refractivity contribution in [3.8, 4) is 11.5 Å². The zero-order valence-corrected chi connectivity index (χ0v) is 24.9. The number of rotatable bonds is 16. The fourth-order valence-electron chi connectivity index (χ4n) is 5.00. The number of amides is 1. The van der Waals surface area contributed by atoms with Gasteiger partial charge in [0.1, 0.15) is 17.2 Å². The molecule has 0 atom stereocenters. The Morgan fingerprint density at radius 3 is 1.98 bits per heavy atom. The van der Waals surface area contributed by atoms with Crippen LogP contribution in [0.25, 0.3) is 10.8 Å². The Hall–Kier alpha value is -4.52. The van der Waals surface area contributed by atoms with E-state index in [0.29, 0.717) is 34.4 Å². The fraction of sp³-hybridized carbons (Fsp3) is 0.333. The molecule has 0 heterocycles. The molecular formula is C36H41N3O4. The van der Waals surface area contributed by atoms with Crippen molar-refractivity contribution in [1.82, 2.24) is 5.32 Å². The van der Waals surface area contributed by atoms with Crippen LogP contribution in [-0.4, -0.2) is 23.5 Å². The Bertz CT molecular complexity index is 1520. The van der Waals surface area contributed by atoms with Gasteiger partial charge in [-0.2, -0.15) is 0 Å². The second-order valence-electron chi connectivity index (χ2n) is 10.7. The van der Waals surface area contributed by atoms with Crippen LogP contribution < -0.4 is 10.1 Å². The predicted octanol–water partition coefficient (Wildman–Crippen LogP) is 9.83. The lowest BCUT2D eigenvalue weighted by molar-refractivity contribution is 0.0735. The van der Waals surface area contributed by atoms with E-state index in [4.69, 9.17) is 4.74 Å². The summed E-state index contributed by atoms with van der Waals surface area (Å²) in [4.78, 5) is 26.0. The molecule has 2 N–H and O–H groups in total. The highest BCUT2D eigenvalue weighted by molar-refractivity contribution is 6.07. The molecule has 0 spiro atoms. The van der Waals surface area contributed by atoms with E-state index in [2.05, 4.69) is 22.5 Å². The van der Waals surface area contributed by atoms with Gasteiger partial charge in [-0.25, -0.2) is 4.79 Å². The second-order valence-corrected chi connectivity index (χ2v) is 10.7. The van der Waals surface area contributed by atoms with Crippen molar-refractivity contribution in [1.29, 1.82) is 0 Å². The number of hydrogen-bond donors (Lipinski definition) is 2. The zero-order valence-electron chi connectivity index (χ0n) is 24.9. The van der Waals surface area contributed by atoms with E-state index in [1.807, 2.05) is 18.2 Å². The first-order valence-corrected chi connectivity index (χ1v) is 15.4. The minimum atomic E-state index is -0.552. The van der Waals surface area contributed by atoms with E-state index in [1.165, 1.54) is 44.9 Å². The predicted molar refractivity (Wildman–Crippen MR) is 172 cm³/mol. The van der Waals surface area contributed by atoms with Gasteiger partial charge in [-0.15, -0.1) is 10.2 Å². The van der Waals surface area contributed by atoms with Crippen LogP contribution in [0.1, 0.15) is 91.8 Å². The number of unbranched alkanes of at least 4 members (excludes halogenated alkanes) is 9. The number of ether oxygens (including phenoxy) is 1. The first kappa shape index (κ1) is 31.4. The minimum absolute atomic E-state index is 0.0954. The summed E-state index contributed by atoms with van der Waals surface area (Å²) in [6.07, 6.45) is 12.2. The molecule has 0 fully saturated rings. The summed E-state index contributed by atoms with van der Waals surface area (Å²) >= 11 is 0. The van der Waals surface area contributed by atoms with Crippen molar-refractivity contribution in [2.75, 3.05) is 6.54 Å². The van der Waals surface area contributed by atoms with Gasteiger partial charge >= 0.3 is 5.97 Å². The number of phenolic OH excluding ortho intramolecular Hbond substituents is 1. The molecule has 7 nitrogen and oxygen atoms in total. The van der Waals surface area contributed by atoms with Gasteiger partial charge in [-0.1, -0.05) is 119 Å². The molecule has 0 saturated heterocycles. The molecule has 224 valence electrons. The Balaban J connectivity index is 1.42. The molecule has 0 aliphatic heterocycles. The third-order valence-electron chi connectivity index (χ3n) is 7.40. The van der Waals surface area contributed by atoms with Gasteiger partial charge in [-0.3, -0.25) is 4.79 Å². The van der Waals surface area contributed by atoms with Crippen LogP contribution in [0.15, 0.2) is 95.2 Å². The summed E-state index contributed by atoms with van der Waals surface area (Å²) < 4.78 is 5.49. The van der Waals surface area contributed by atoms with Crippen LogP contribution >= 0.6 is 0 Å². The number of azo groups is 1. The van der Waals surface area contributed by atoms with E-state index in [9.17, 15) is 14.7 Å². The van der Waals surface area contributed by atoms with Crippen LogP contribution in [0.4, 0.5) is 11.4 Å². The maximum atomic E-state index is 13.1. The number of nitrogens with zero attached hydrogens (tertiary/aromatic N) is 2. The summed E-state index contributed by atoms with van der Waals surface area (Å²) in [5.74, 6) is -0.579. The molecular weight excluding hydrogens is 538 g/mol. The maximum Gasteiger partial charge on any atom is 0.345 e. The summed E-state index contributed by atoms with van der Waals surface area (Å²) in [6, 6.07) is 24.3. The van der Waals surface area contributed by atoms with Gasteiger partial charge < -0.3 is 15.2 Å². The Morgan fingerprint density at radius 2 is 1.26 bits per heavy atom. The van der Waals surface area contributed by atoms with Crippen LogP contribution in [0.5, 0.6) is 11.5 Å². The van der Waals surface area contributed by atoms with Crippen molar-refractivity contribution in [2.45, 2.75) is 71.1 Å². The van der Waals surface area contributed by atoms with Gasteiger partial charge in [0, 0.05) is 17.3 Å². The van der Waals surface area contributed by atoms with Crippen molar-refractivity contribution < 1.29 is 19.4 Å². The largest absolute Gasteiger partial charge is 0.506 e. The number of fused-ring (bicyclic) bond motifs is 1. The number of carbonyl (C=O) groups is 2. The van der Waals surface area contributed by atoms with Crippen molar-refractivity contribution in [3.63, 3.8) is 0 Å². The topological polar surface area (TPSA) is 100 Å². The minimum Gasteiger partial charge on any atom is -0.506 e. The Labute approximate surface area is 254 Å². The highest BCUT2D eigenvalue weighted by atomic mass is 16.5. The third kappa shape index (κ3) is 9.23. The van der Waals surface area contributed by atoms with Gasteiger partial charge in [0.25, 0.3) is 5.91 Å². The lowest BCUT2D eigenvalue weighted by Gasteiger charge is -2.11. The van der Waals surface area contributed by atoms with Crippen molar-refractivity contribution in [2.24, 2.45) is 10.2 Å². The van der Waals surface area contributed by atoms with E-state index in [0.717, 1.165) is 19.3 Å². The Morgan fingerprint density at radius 1 is 0.674 bits per heavy atom. The molecule has 0 aliphatic rings. The number of benzene rings is 4. The molecule has 43 heavy (non-hydrogen) atoms. The fourth-order valence-corrected chi connectivity index (χ4v) is 5.00. The number of carbonyl (C=O) groups excluding carboxylic acids is 2. The van der Waals surface area contributed by atoms with Crippen LogP contribution in [0.3, 0.4) is 0 Å². The number of hydrogen-bond acceptors (Lipinski definition) is 6. The molecule has 1 amide bonds. The first-order chi connectivity index (χ1) is 21.1. The summed E-state index contributed by atoms with van der Waals surface area (Å²) in [6.45, 7) is 2.77.